The lowest BCUT2D eigenvalue weighted by molar-refractivity contribution is -0.159. The number of carboxylic acid groups (broad SMARTS) is 2. The van der Waals surface area contributed by atoms with E-state index in [0.717, 1.165) is 0 Å². The van der Waals surface area contributed by atoms with Crippen LogP contribution in [0.2, 0.25) is 0 Å². The molecule has 0 bridgehead atoms. The van der Waals surface area contributed by atoms with Crippen molar-refractivity contribution in [2.24, 2.45) is 5.73 Å². The zero-order valence-corrected chi connectivity index (χ0v) is 7.45. The van der Waals surface area contributed by atoms with Crippen LogP contribution in [0.1, 0.15) is 10.4 Å². The number of pyridine rings is 1. The number of aromatic nitrogens is 1. The lowest BCUT2D eigenvalue weighted by Gasteiger charge is -1.88. The minimum absolute atomic E-state index is 0.419. The highest BCUT2D eigenvalue weighted by molar-refractivity contribution is 6.27. The summed E-state index contributed by atoms with van der Waals surface area (Å²) in [7, 11) is 0. The van der Waals surface area contributed by atoms with Crippen LogP contribution >= 0.6 is 0 Å². The average Bonchev–Trinajstić information content (AvgIpc) is 2.20. The monoisotopic (exact) mass is 212 g/mol. The number of carbonyl (C=O) groups is 3. The first-order valence-corrected chi connectivity index (χ1v) is 3.61. The van der Waals surface area contributed by atoms with Crippen LogP contribution < -0.4 is 5.73 Å². The molecule has 4 N–H and O–H groups in total. The molecule has 1 aromatic rings. The van der Waals surface area contributed by atoms with Crippen LogP contribution in [0, 0.1) is 0 Å². The van der Waals surface area contributed by atoms with Crippen molar-refractivity contribution in [1.29, 1.82) is 0 Å². The van der Waals surface area contributed by atoms with Crippen molar-refractivity contribution in [1.82, 2.24) is 4.98 Å². The maximum absolute atomic E-state index is 10.4. The molecule has 1 amide bonds. The molecule has 0 aliphatic rings. The molecule has 0 saturated heterocycles. The van der Waals surface area contributed by atoms with Gasteiger partial charge in [0.1, 0.15) is 0 Å². The molecule has 1 rings (SSSR count). The summed E-state index contributed by atoms with van der Waals surface area (Å²) in [4.78, 5) is 32.3. The summed E-state index contributed by atoms with van der Waals surface area (Å²) in [5.41, 5.74) is 5.44. The first kappa shape index (κ1) is 12.6. The van der Waals surface area contributed by atoms with Crippen molar-refractivity contribution >= 4 is 17.8 Å². The van der Waals surface area contributed by atoms with Crippen LogP contribution in [0.3, 0.4) is 0 Å². The molecule has 0 atom stereocenters. The second-order valence-corrected chi connectivity index (χ2v) is 2.21. The first-order valence-electron chi connectivity index (χ1n) is 3.61. The van der Waals surface area contributed by atoms with Gasteiger partial charge in [-0.05, 0) is 12.1 Å². The van der Waals surface area contributed by atoms with Gasteiger partial charge in [0.25, 0.3) is 0 Å². The number of aliphatic carboxylic acids is 2. The number of carbonyl (C=O) groups excluding carboxylic acids is 1. The smallest absolute Gasteiger partial charge is 0.414 e. The fourth-order valence-corrected chi connectivity index (χ4v) is 0.516. The SMILES string of the molecule is NC(=O)c1ccncc1.O=C(O)C(=O)O. The minimum atomic E-state index is -1.82. The highest BCUT2D eigenvalue weighted by Gasteiger charge is 2.04. The molecule has 7 heteroatoms. The van der Waals surface area contributed by atoms with E-state index in [9.17, 15) is 4.79 Å². The third-order valence-electron chi connectivity index (χ3n) is 1.15. The topological polar surface area (TPSA) is 131 Å². The molecule has 1 aromatic heterocycles. The van der Waals surface area contributed by atoms with E-state index in [0.29, 0.717) is 5.56 Å². The normalized spacial score (nSPS) is 8.27. The van der Waals surface area contributed by atoms with Crippen LogP contribution in [0.4, 0.5) is 0 Å². The quantitative estimate of drug-likeness (QED) is 0.529. The number of nitrogens with zero attached hydrogens (tertiary/aromatic N) is 1. The van der Waals surface area contributed by atoms with Gasteiger partial charge in [-0.15, -0.1) is 0 Å². The Morgan fingerprint density at radius 2 is 1.47 bits per heavy atom. The van der Waals surface area contributed by atoms with Crippen LogP contribution in [0.5, 0.6) is 0 Å². The molecule has 0 unspecified atom stereocenters. The molecule has 0 aromatic carbocycles. The van der Waals surface area contributed by atoms with Gasteiger partial charge in [-0.2, -0.15) is 0 Å². The molecule has 0 radical (unpaired) electrons. The summed E-state index contributed by atoms with van der Waals surface area (Å²) in [5.74, 6) is -4.07. The number of amides is 1. The average molecular weight is 212 g/mol. The highest BCUT2D eigenvalue weighted by atomic mass is 16.4. The number of primary amides is 1. The van der Waals surface area contributed by atoms with Gasteiger partial charge < -0.3 is 15.9 Å². The Labute approximate surface area is 84.2 Å². The van der Waals surface area contributed by atoms with E-state index in [2.05, 4.69) is 4.98 Å². The van der Waals surface area contributed by atoms with Crippen molar-refractivity contribution < 1.29 is 24.6 Å². The van der Waals surface area contributed by atoms with E-state index in [4.69, 9.17) is 25.5 Å². The van der Waals surface area contributed by atoms with E-state index in [1.165, 1.54) is 12.4 Å². The standard InChI is InChI=1S/C6H6N2O.C2H2O4/c7-6(9)5-1-3-8-4-2-5;3-1(4)2(5)6/h1-4H,(H2,7,9);(H,3,4)(H,5,6). The Morgan fingerprint density at radius 1 is 1.07 bits per heavy atom. The predicted octanol–water partition coefficient (Wildman–Crippen LogP) is -0.664. The Balaban J connectivity index is 0.000000288. The fourth-order valence-electron chi connectivity index (χ4n) is 0.516. The molecule has 1 heterocycles. The van der Waals surface area contributed by atoms with E-state index in [-0.39, 0.29) is 0 Å². The van der Waals surface area contributed by atoms with Crippen molar-refractivity contribution in [3.05, 3.63) is 30.1 Å². The second kappa shape index (κ2) is 6.08. The van der Waals surface area contributed by atoms with E-state index in [1.54, 1.807) is 12.1 Å². The second-order valence-electron chi connectivity index (χ2n) is 2.21. The minimum Gasteiger partial charge on any atom is -0.473 e. The Bertz CT molecular complexity index is 351. The third kappa shape index (κ3) is 5.75. The summed E-state index contributed by atoms with van der Waals surface area (Å²) in [5, 5.41) is 14.8. The predicted molar refractivity (Wildman–Crippen MR) is 48.0 cm³/mol. The van der Waals surface area contributed by atoms with Gasteiger partial charge in [-0.25, -0.2) is 9.59 Å². The van der Waals surface area contributed by atoms with Gasteiger partial charge >= 0.3 is 11.9 Å². The van der Waals surface area contributed by atoms with E-state index >= 15 is 0 Å². The lowest BCUT2D eigenvalue weighted by atomic mass is 10.3. The summed E-state index contributed by atoms with van der Waals surface area (Å²) in [6, 6.07) is 3.14. The molecule has 0 aliphatic heterocycles. The van der Waals surface area contributed by atoms with Gasteiger partial charge in [-0.3, -0.25) is 9.78 Å². The van der Waals surface area contributed by atoms with Crippen LogP contribution in [-0.4, -0.2) is 33.0 Å². The molecule has 0 saturated carbocycles. The van der Waals surface area contributed by atoms with Crippen molar-refractivity contribution in [2.75, 3.05) is 0 Å². The zero-order valence-electron chi connectivity index (χ0n) is 7.45. The number of carboxylic acids is 2. The number of hydrogen-bond donors (Lipinski definition) is 3. The van der Waals surface area contributed by atoms with Crippen molar-refractivity contribution in [3.8, 4) is 0 Å². The van der Waals surface area contributed by atoms with E-state index < -0.39 is 17.8 Å². The number of nitrogens with two attached hydrogens (primary N) is 1. The molecular formula is C8H8N2O5. The largest absolute Gasteiger partial charge is 0.473 e. The van der Waals surface area contributed by atoms with Crippen molar-refractivity contribution in [2.45, 2.75) is 0 Å². The molecule has 0 fully saturated rings. The Hall–Kier alpha value is -2.44. The summed E-state index contributed by atoms with van der Waals surface area (Å²) in [6.45, 7) is 0. The summed E-state index contributed by atoms with van der Waals surface area (Å²) in [6.07, 6.45) is 3.06. The number of hydrogen-bond acceptors (Lipinski definition) is 4. The molecule has 80 valence electrons. The molecule has 7 nitrogen and oxygen atoms in total. The van der Waals surface area contributed by atoms with E-state index in [1.807, 2.05) is 0 Å². The summed E-state index contributed by atoms with van der Waals surface area (Å²) < 4.78 is 0. The maximum Gasteiger partial charge on any atom is 0.414 e. The van der Waals surface area contributed by atoms with Gasteiger partial charge in [0.15, 0.2) is 0 Å². The van der Waals surface area contributed by atoms with Gasteiger partial charge in [0.05, 0.1) is 0 Å². The van der Waals surface area contributed by atoms with Crippen LogP contribution in [0.15, 0.2) is 24.5 Å². The highest BCUT2D eigenvalue weighted by Crippen LogP contribution is 1.91. The molecule has 0 spiro atoms. The number of rotatable bonds is 1. The molecule has 15 heavy (non-hydrogen) atoms. The van der Waals surface area contributed by atoms with Gasteiger partial charge in [-0.1, -0.05) is 0 Å². The van der Waals surface area contributed by atoms with Crippen molar-refractivity contribution in [3.63, 3.8) is 0 Å². The Kier molecular flexibility index (Phi) is 5.09. The van der Waals surface area contributed by atoms with Gasteiger partial charge in [0.2, 0.25) is 5.91 Å². The first-order chi connectivity index (χ1) is 6.95. The maximum atomic E-state index is 10.4. The van der Waals surface area contributed by atoms with Crippen LogP contribution in [-0.2, 0) is 9.59 Å². The zero-order chi connectivity index (χ0) is 11.8. The third-order valence-corrected chi connectivity index (χ3v) is 1.15. The summed E-state index contributed by atoms with van der Waals surface area (Å²) >= 11 is 0. The molecule has 0 aliphatic carbocycles. The van der Waals surface area contributed by atoms with Crippen LogP contribution in [0.25, 0.3) is 0 Å². The lowest BCUT2D eigenvalue weighted by Crippen LogP contribution is -2.10. The fraction of sp³-hybridized carbons (Fsp3) is 0. The van der Waals surface area contributed by atoms with Gasteiger partial charge in [0, 0.05) is 18.0 Å². The molecular weight excluding hydrogens is 204 g/mol. The Morgan fingerprint density at radius 3 is 1.67 bits per heavy atom.